The van der Waals surface area contributed by atoms with Gasteiger partial charge < -0.3 is 14.9 Å². The van der Waals surface area contributed by atoms with E-state index in [0.717, 1.165) is 25.7 Å². The van der Waals surface area contributed by atoms with Gasteiger partial charge in [0.05, 0.1) is 0 Å². The number of carbonyl (C=O) groups is 1. The molecule has 134 valence electrons. The second-order valence-corrected chi connectivity index (χ2v) is 7.93. The third-order valence-corrected chi connectivity index (χ3v) is 3.69. The number of alkyl carbamates (subject to hydrolysis) is 1. The van der Waals surface area contributed by atoms with Crippen LogP contribution in [0.25, 0.3) is 4.85 Å². The molecule has 23 heavy (non-hydrogen) atoms. The van der Waals surface area contributed by atoms with Crippen LogP contribution >= 0.6 is 0 Å². The Morgan fingerprint density at radius 1 is 0.913 bits per heavy atom. The lowest BCUT2D eigenvalue weighted by Gasteiger charge is -2.19. The van der Waals surface area contributed by atoms with E-state index in [1.807, 2.05) is 34.6 Å². The number of ether oxygens (including phenoxy) is 1. The van der Waals surface area contributed by atoms with E-state index in [9.17, 15) is 4.79 Å². The smallest absolute Gasteiger partial charge is 0.407 e. The molecule has 0 atom stereocenters. The minimum Gasteiger partial charge on any atom is -0.444 e. The number of amides is 1. The molecule has 0 fully saturated rings. The summed E-state index contributed by atoms with van der Waals surface area (Å²) in [5, 5.41) is 2.79. The van der Waals surface area contributed by atoms with Crippen molar-refractivity contribution >= 4 is 6.09 Å². The first kappa shape index (κ1) is 21.8. The van der Waals surface area contributed by atoms with E-state index >= 15 is 0 Å². The fourth-order valence-electron chi connectivity index (χ4n) is 2.30. The Kier molecular flexibility index (Phi) is 10.7. The Balaban J connectivity index is 3.32. The lowest BCUT2D eigenvalue weighted by atomic mass is 9.97. The van der Waals surface area contributed by atoms with Crippen molar-refractivity contribution in [2.75, 3.05) is 6.54 Å². The van der Waals surface area contributed by atoms with Crippen molar-refractivity contribution in [2.45, 2.75) is 104 Å². The summed E-state index contributed by atoms with van der Waals surface area (Å²) in [6, 6.07) is 0. The minimum atomic E-state index is -0.423. The molecule has 1 N–H and O–H groups in total. The van der Waals surface area contributed by atoms with Crippen LogP contribution in [-0.2, 0) is 4.74 Å². The second kappa shape index (κ2) is 11.3. The molecule has 0 rings (SSSR count). The Hall–Kier alpha value is -1.24. The summed E-state index contributed by atoms with van der Waals surface area (Å²) in [4.78, 5) is 15.1. The van der Waals surface area contributed by atoms with Crippen molar-refractivity contribution in [3.8, 4) is 0 Å². The molecule has 0 spiro atoms. The monoisotopic (exact) mass is 324 g/mol. The molecule has 0 saturated carbocycles. The molecule has 0 aliphatic heterocycles. The highest BCUT2D eigenvalue weighted by molar-refractivity contribution is 5.67. The van der Waals surface area contributed by atoms with Crippen LogP contribution in [0.1, 0.15) is 92.4 Å². The Morgan fingerprint density at radius 3 is 1.87 bits per heavy atom. The fraction of sp³-hybridized carbons (Fsp3) is 0.895. The zero-order chi connectivity index (χ0) is 17.8. The molecule has 0 aromatic rings. The molecule has 0 radical (unpaired) electrons. The SMILES string of the molecule is [C-]#[N+]C(C)(C)CCCCCCCCCCNC(=O)OC(C)(C)C. The van der Waals surface area contributed by atoms with Crippen molar-refractivity contribution < 1.29 is 9.53 Å². The van der Waals surface area contributed by atoms with Crippen molar-refractivity contribution in [2.24, 2.45) is 0 Å². The van der Waals surface area contributed by atoms with Gasteiger partial charge in [-0.2, -0.15) is 0 Å². The second-order valence-electron chi connectivity index (χ2n) is 7.93. The zero-order valence-electron chi connectivity index (χ0n) is 15.8. The number of hydrogen-bond acceptors (Lipinski definition) is 2. The largest absolute Gasteiger partial charge is 0.444 e. The third-order valence-electron chi connectivity index (χ3n) is 3.69. The third kappa shape index (κ3) is 15.4. The first-order chi connectivity index (χ1) is 10.7. The summed E-state index contributed by atoms with van der Waals surface area (Å²) in [5.74, 6) is 0. The maximum absolute atomic E-state index is 11.4. The van der Waals surface area contributed by atoms with E-state index < -0.39 is 5.60 Å². The van der Waals surface area contributed by atoms with Gasteiger partial charge in [-0.25, -0.2) is 11.4 Å². The summed E-state index contributed by atoms with van der Waals surface area (Å²) in [6.07, 6.45) is 10.3. The van der Waals surface area contributed by atoms with Crippen molar-refractivity contribution in [3.05, 3.63) is 11.4 Å². The highest BCUT2D eigenvalue weighted by atomic mass is 16.6. The molecule has 0 saturated heterocycles. The molecule has 1 amide bonds. The molecule has 0 unspecified atom stereocenters. The molecular weight excluding hydrogens is 288 g/mol. The average molecular weight is 325 g/mol. The number of rotatable bonds is 11. The Labute approximate surface area is 143 Å². The summed E-state index contributed by atoms with van der Waals surface area (Å²) < 4.78 is 5.18. The van der Waals surface area contributed by atoms with Crippen LogP contribution in [0.5, 0.6) is 0 Å². The topological polar surface area (TPSA) is 42.7 Å². The van der Waals surface area contributed by atoms with Gasteiger partial charge in [0.15, 0.2) is 0 Å². The lowest BCUT2D eigenvalue weighted by Crippen LogP contribution is -2.32. The van der Waals surface area contributed by atoms with E-state index in [-0.39, 0.29) is 11.6 Å². The van der Waals surface area contributed by atoms with Gasteiger partial charge in [-0.1, -0.05) is 38.5 Å². The van der Waals surface area contributed by atoms with Gasteiger partial charge in [0.25, 0.3) is 0 Å². The number of unbranched alkanes of at least 4 members (excludes halogenated alkanes) is 7. The van der Waals surface area contributed by atoms with Gasteiger partial charge in [0, 0.05) is 26.8 Å². The predicted octanol–water partition coefficient (Wildman–Crippen LogP) is 5.72. The van der Waals surface area contributed by atoms with Crippen LogP contribution in [0.4, 0.5) is 4.79 Å². The quantitative estimate of drug-likeness (QED) is 0.390. The van der Waals surface area contributed by atoms with E-state index in [1.165, 1.54) is 32.1 Å². The van der Waals surface area contributed by atoms with Crippen molar-refractivity contribution in [3.63, 3.8) is 0 Å². The van der Waals surface area contributed by atoms with Gasteiger partial charge >= 0.3 is 6.09 Å². The summed E-state index contributed by atoms with van der Waals surface area (Å²) in [6.45, 7) is 17.4. The Morgan fingerprint density at radius 2 is 1.39 bits per heavy atom. The highest BCUT2D eigenvalue weighted by Gasteiger charge is 2.21. The number of nitrogens with zero attached hydrogens (tertiary/aromatic N) is 1. The maximum atomic E-state index is 11.4. The Bertz CT molecular complexity index is 365. The van der Waals surface area contributed by atoms with Crippen LogP contribution in [0, 0.1) is 6.57 Å². The fourth-order valence-corrected chi connectivity index (χ4v) is 2.30. The molecule has 4 nitrogen and oxygen atoms in total. The molecule has 0 aliphatic carbocycles. The predicted molar refractivity (Wildman–Crippen MR) is 96.5 cm³/mol. The van der Waals surface area contributed by atoms with Gasteiger partial charge in [-0.05, 0) is 33.6 Å². The molecular formula is C19H36N2O2. The van der Waals surface area contributed by atoms with Crippen LogP contribution in [-0.4, -0.2) is 23.8 Å². The number of carbonyl (C=O) groups excluding carboxylic acids is 1. The van der Waals surface area contributed by atoms with E-state index in [4.69, 9.17) is 11.3 Å². The molecule has 0 aromatic carbocycles. The summed E-state index contributed by atoms with van der Waals surface area (Å²) in [5.41, 5.74) is -0.602. The molecule has 0 heterocycles. The molecule has 0 aliphatic rings. The average Bonchev–Trinajstić information content (AvgIpc) is 2.42. The lowest BCUT2D eigenvalue weighted by molar-refractivity contribution is 0.0527. The van der Waals surface area contributed by atoms with Crippen LogP contribution < -0.4 is 5.32 Å². The minimum absolute atomic E-state index is 0.179. The van der Waals surface area contributed by atoms with Crippen LogP contribution in [0.3, 0.4) is 0 Å². The summed E-state index contributed by atoms with van der Waals surface area (Å²) in [7, 11) is 0. The number of hydrogen-bond donors (Lipinski definition) is 1. The van der Waals surface area contributed by atoms with Crippen LogP contribution in [0.2, 0.25) is 0 Å². The molecule has 0 bridgehead atoms. The van der Waals surface area contributed by atoms with E-state index in [0.29, 0.717) is 6.54 Å². The first-order valence-electron chi connectivity index (χ1n) is 9.02. The van der Waals surface area contributed by atoms with E-state index in [1.54, 1.807) is 0 Å². The van der Waals surface area contributed by atoms with Crippen molar-refractivity contribution in [1.82, 2.24) is 5.32 Å². The van der Waals surface area contributed by atoms with E-state index in [2.05, 4.69) is 10.2 Å². The number of nitrogens with one attached hydrogen (secondary N) is 1. The first-order valence-corrected chi connectivity index (χ1v) is 9.02. The van der Waals surface area contributed by atoms with Crippen LogP contribution in [0.15, 0.2) is 0 Å². The molecule has 0 aromatic heterocycles. The highest BCUT2D eigenvalue weighted by Crippen LogP contribution is 2.19. The maximum Gasteiger partial charge on any atom is 0.407 e. The van der Waals surface area contributed by atoms with Gasteiger partial charge in [0.2, 0.25) is 5.54 Å². The van der Waals surface area contributed by atoms with Gasteiger partial charge in [-0.15, -0.1) is 0 Å². The summed E-state index contributed by atoms with van der Waals surface area (Å²) >= 11 is 0. The van der Waals surface area contributed by atoms with Gasteiger partial charge in [-0.3, -0.25) is 0 Å². The molecule has 4 heteroatoms. The van der Waals surface area contributed by atoms with Gasteiger partial charge in [0.1, 0.15) is 5.60 Å². The van der Waals surface area contributed by atoms with Crippen molar-refractivity contribution in [1.29, 1.82) is 0 Å². The zero-order valence-corrected chi connectivity index (χ0v) is 15.8. The normalized spacial score (nSPS) is 11.8. The standard InChI is InChI=1S/C19H36N2O2/c1-18(2,3)23-17(22)21-16-14-12-10-8-7-9-11-13-15-19(4,5)20-6/h7-16H2,1-5H3,(H,21,22).